The molecule has 2 atom stereocenters. The molecular weight excluding hydrogens is 472 g/mol. The largest absolute Gasteiger partial charge is 0.698 e. The van der Waals surface area contributed by atoms with E-state index in [1.807, 2.05) is 0 Å². The van der Waals surface area contributed by atoms with E-state index in [-0.39, 0.29) is 42.1 Å². The predicted molar refractivity (Wildman–Crippen MR) is 142 cm³/mol. The molecule has 0 fully saturated rings. The zero-order valence-electron chi connectivity index (χ0n) is 22.0. The molecule has 0 aliphatic carbocycles. The van der Waals surface area contributed by atoms with Crippen LogP contribution in [0.25, 0.3) is 0 Å². The zero-order chi connectivity index (χ0) is 25.9. The van der Waals surface area contributed by atoms with Gasteiger partial charge in [0, 0.05) is 19.8 Å². The van der Waals surface area contributed by atoms with Crippen molar-refractivity contribution in [1.29, 1.82) is 0 Å². The molecule has 0 bridgehead atoms. The average Bonchev–Trinajstić information content (AvgIpc) is 2.79. The number of aliphatic hydroxyl groups is 3. The van der Waals surface area contributed by atoms with Crippen LogP contribution in [0.1, 0.15) is 122 Å². The lowest BCUT2D eigenvalue weighted by atomic mass is 9.86. The zero-order valence-corrected chi connectivity index (χ0v) is 25.0. The number of aliphatic hydroxyl groups excluding tert-OH is 3. The van der Waals surface area contributed by atoms with Crippen molar-refractivity contribution in [2.24, 2.45) is 11.8 Å². The van der Waals surface area contributed by atoms with E-state index < -0.39 is 9.05 Å². The fourth-order valence-electron chi connectivity index (χ4n) is 4.18. The van der Waals surface area contributed by atoms with Gasteiger partial charge in [-0.15, -0.1) is 0 Å². The van der Waals surface area contributed by atoms with Gasteiger partial charge in [0.15, 0.2) is 10.5 Å². The third kappa shape index (κ3) is 28.4. The predicted octanol–water partition coefficient (Wildman–Crippen LogP) is 2.86. The Bertz CT molecular complexity index is 386. The number of hydrogen-bond donors (Lipinski definition) is 6. The van der Waals surface area contributed by atoms with E-state index in [1.165, 1.54) is 96.3 Å². The second-order valence-corrected chi connectivity index (χ2v) is 11.0. The maximum Gasteiger partial charge on any atom is 0.698 e. The van der Waals surface area contributed by atoms with Crippen LogP contribution in [0.4, 0.5) is 0 Å². The van der Waals surface area contributed by atoms with E-state index in [1.54, 1.807) is 0 Å². The fraction of sp³-hybridized carbons (Fsp3) is 1.00. The molecule has 0 aromatic carbocycles. The van der Waals surface area contributed by atoms with E-state index in [9.17, 15) is 10.2 Å². The van der Waals surface area contributed by atoms with Crippen LogP contribution in [0.3, 0.4) is 0 Å². The molecule has 6 N–H and O–H groups in total. The maximum absolute atomic E-state index is 9.49. The molecule has 0 aromatic rings. The van der Waals surface area contributed by atoms with Gasteiger partial charge in [0.25, 0.3) is 0 Å². The molecule has 0 aliphatic rings. The second-order valence-electron chi connectivity index (χ2n) is 9.31. The smallest absolute Gasteiger partial charge is 0.396 e. The molecule has 208 valence electrons. The van der Waals surface area contributed by atoms with Gasteiger partial charge in [-0.3, -0.25) is 0 Å². The van der Waals surface area contributed by atoms with Gasteiger partial charge in [0.05, 0.1) is 0 Å². The maximum atomic E-state index is 9.49. The highest BCUT2D eigenvalue weighted by Gasteiger charge is 2.31. The summed E-state index contributed by atoms with van der Waals surface area (Å²) in [5, 5.41) is 27.9. The summed E-state index contributed by atoms with van der Waals surface area (Å²) in [6.07, 6.45) is 23.5. The Kier molecular flexibility index (Phi) is 29.5. The second kappa shape index (κ2) is 27.7. The Labute approximate surface area is 212 Å². The first kappa shape index (κ1) is 36.3. The van der Waals surface area contributed by atoms with Crippen molar-refractivity contribution >= 4 is 19.5 Å². The van der Waals surface area contributed by atoms with Gasteiger partial charge in [0.1, 0.15) is 0 Å². The van der Waals surface area contributed by atoms with Gasteiger partial charge >= 0.3 is 9.05 Å². The van der Waals surface area contributed by atoms with Crippen LogP contribution >= 0.6 is 0 Å². The number of rotatable bonds is 24. The van der Waals surface area contributed by atoms with Crippen LogP contribution in [-0.4, -0.2) is 69.1 Å². The van der Waals surface area contributed by atoms with E-state index in [0.717, 1.165) is 12.8 Å². The molecule has 8 nitrogen and oxygen atoms in total. The molecule has 0 heterocycles. The van der Waals surface area contributed by atoms with Crippen molar-refractivity contribution in [3.05, 3.63) is 0 Å². The highest BCUT2D eigenvalue weighted by atomic mass is 28.4. The molecular formula is C24H56O8Si2. The first-order valence-corrected chi connectivity index (χ1v) is 16.1. The number of hydrogen-bond acceptors (Lipinski definition) is 8. The van der Waals surface area contributed by atoms with Crippen molar-refractivity contribution < 1.29 is 38.9 Å². The summed E-state index contributed by atoms with van der Waals surface area (Å²) in [6.45, 7) is 2.58. The Morgan fingerprint density at radius 2 is 0.941 bits per heavy atom. The van der Waals surface area contributed by atoms with E-state index in [2.05, 4.69) is 16.1 Å². The lowest BCUT2D eigenvalue weighted by Crippen LogP contribution is -2.38. The third-order valence-corrected chi connectivity index (χ3v) is 7.15. The van der Waals surface area contributed by atoms with Crippen molar-refractivity contribution in [3.63, 3.8) is 0 Å². The van der Waals surface area contributed by atoms with Crippen LogP contribution in [0, 0.1) is 11.8 Å². The van der Waals surface area contributed by atoms with Crippen LogP contribution < -0.4 is 0 Å². The molecule has 0 aliphatic heterocycles. The van der Waals surface area contributed by atoms with Crippen molar-refractivity contribution in [1.82, 2.24) is 0 Å². The lowest BCUT2D eigenvalue weighted by Gasteiger charge is -2.23. The minimum absolute atomic E-state index is 0.0522. The van der Waals surface area contributed by atoms with E-state index in [0.29, 0.717) is 6.42 Å². The first-order chi connectivity index (χ1) is 16.4. The monoisotopic (exact) mass is 528 g/mol. The highest BCUT2D eigenvalue weighted by molar-refractivity contribution is 6.48. The summed E-state index contributed by atoms with van der Waals surface area (Å²) in [6, 6.07) is 0. The summed E-state index contributed by atoms with van der Waals surface area (Å²) in [7, 11) is -4.14. The Morgan fingerprint density at radius 1 is 0.588 bits per heavy atom. The molecule has 0 saturated carbocycles. The van der Waals surface area contributed by atoms with Gasteiger partial charge in [-0.2, -0.15) is 0 Å². The van der Waals surface area contributed by atoms with Crippen molar-refractivity contribution in [2.75, 3.05) is 19.8 Å². The van der Waals surface area contributed by atoms with E-state index >= 15 is 0 Å². The minimum Gasteiger partial charge on any atom is -0.396 e. The van der Waals surface area contributed by atoms with Gasteiger partial charge < -0.3 is 34.3 Å². The Hall–Kier alpha value is 0.114. The van der Waals surface area contributed by atoms with Gasteiger partial charge in [-0.1, -0.05) is 110 Å². The third-order valence-electron chi connectivity index (χ3n) is 6.26. The normalized spacial score (nSPS) is 13.5. The molecule has 0 radical (unpaired) electrons. The molecule has 0 saturated heterocycles. The van der Waals surface area contributed by atoms with Crippen LogP contribution in [0.5, 0.6) is 0 Å². The molecule has 0 rings (SSSR count). The summed E-state index contributed by atoms with van der Waals surface area (Å²) in [5.41, 5.74) is 0. The Balaban J connectivity index is 0. The molecule has 10 heteroatoms. The molecule has 0 amide bonds. The van der Waals surface area contributed by atoms with Crippen LogP contribution in [0.2, 0.25) is 0 Å². The van der Waals surface area contributed by atoms with Crippen LogP contribution in [0.15, 0.2) is 0 Å². The summed E-state index contributed by atoms with van der Waals surface area (Å²) >= 11 is 0. The van der Waals surface area contributed by atoms with Crippen molar-refractivity contribution in [2.45, 2.75) is 122 Å². The van der Waals surface area contributed by atoms with Crippen LogP contribution in [-0.2, 0) is 9.15 Å². The SMILES string of the molecule is CCCCCCCCCCCCCCCCCCC(CO)C(CO)CCO.O[Si](O)(O)OO[SiH3]. The summed E-state index contributed by atoms with van der Waals surface area (Å²) < 4.78 is 7.45. The van der Waals surface area contributed by atoms with Gasteiger partial charge in [-0.05, 0) is 24.7 Å². The minimum atomic E-state index is -4.34. The fourth-order valence-corrected chi connectivity index (χ4v) is 5.08. The Morgan fingerprint density at radius 3 is 1.21 bits per heavy atom. The molecule has 0 aromatic heterocycles. The number of unbranched alkanes of at least 4 members (excludes halogenated alkanes) is 15. The summed E-state index contributed by atoms with van der Waals surface area (Å²) in [5.74, 6) is 0.199. The quantitative estimate of drug-likeness (QED) is 0.0486. The van der Waals surface area contributed by atoms with Crippen molar-refractivity contribution in [3.8, 4) is 0 Å². The molecule has 2 unspecified atom stereocenters. The molecule has 34 heavy (non-hydrogen) atoms. The first-order valence-electron chi connectivity index (χ1n) is 13.6. The lowest BCUT2D eigenvalue weighted by molar-refractivity contribution is -0.173. The topological polar surface area (TPSA) is 140 Å². The van der Waals surface area contributed by atoms with Gasteiger partial charge in [0.2, 0.25) is 0 Å². The standard InChI is InChI=1S/C24H50O3.H6O5Si2/c1-2-3-4-5-6-7-8-9-10-11-12-13-14-15-16-17-18-23(21-26)24(22-27)19-20-25;1-7(2,3)5-4-6/h23-27H,2-22H2,1H3;1-3H,6H3. The highest BCUT2D eigenvalue weighted by Crippen LogP contribution is 2.22. The summed E-state index contributed by atoms with van der Waals surface area (Å²) in [4.78, 5) is 23.8. The average molecular weight is 529 g/mol. The molecule has 0 spiro atoms. The van der Waals surface area contributed by atoms with Gasteiger partial charge in [-0.25, -0.2) is 4.58 Å². The van der Waals surface area contributed by atoms with E-state index in [4.69, 9.17) is 19.5 Å².